The first-order valence-electron chi connectivity index (χ1n) is 7.24. The maximum absolute atomic E-state index is 4.48. The Labute approximate surface area is 134 Å². The molecule has 0 aliphatic rings. The summed E-state index contributed by atoms with van der Waals surface area (Å²) >= 11 is 3.42. The molecular weight excluding hydrogens is 328 g/mol. The van der Waals surface area contributed by atoms with Crippen LogP contribution in [0.4, 0.5) is 0 Å². The molecular formula is C16H21BrN4. The quantitative estimate of drug-likeness (QED) is 0.867. The van der Waals surface area contributed by atoms with Gasteiger partial charge in [0.05, 0.1) is 11.4 Å². The van der Waals surface area contributed by atoms with Crippen LogP contribution < -0.4 is 5.32 Å². The van der Waals surface area contributed by atoms with Gasteiger partial charge in [-0.3, -0.25) is 4.98 Å². The molecule has 1 N–H and O–H groups in total. The molecule has 0 spiro atoms. The van der Waals surface area contributed by atoms with E-state index in [9.17, 15) is 0 Å². The van der Waals surface area contributed by atoms with Crippen molar-refractivity contribution in [3.05, 3.63) is 51.5 Å². The van der Waals surface area contributed by atoms with Gasteiger partial charge in [0.25, 0.3) is 0 Å². The Hall–Kier alpha value is -1.33. The molecule has 5 heteroatoms. The van der Waals surface area contributed by atoms with Gasteiger partial charge in [-0.2, -0.15) is 10.2 Å². The summed E-state index contributed by atoms with van der Waals surface area (Å²) in [4.78, 5) is 4.48. The van der Waals surface area contributed by atoms with Crippen LogP contribution in [0.15, 0.2) is 28.9 Å². The van der Waals surface area contributed by atoms with Gasteiger partial charge in [0, 0.05) is 28.8 Å². The molecule has 4 nitrogen and oxygen atoms in total. The molecule has 0 radical (unpaired) electrons. The zero-order valence-corrected chi connectivity index (χ0v) is 14.3. The van der Waals surface area contributed by atoms with E-state index in [1.807, 2.05) is 26.1 Å². The zero-order valence-electron chi connectivity index (χ0n) is 12.7. The van der Waals surface area contributed by atoms with Crippen molar-refractivity contribution in [2.45, 2.75) is 39.7 Å². The van der Waals surface area contributed by atoms with Gasteiger partial charge in [-0.05, 0) is 66.5 Å². The van der Waals surface area contributed by atoms with Crippen molar-refractivity contribution in [3.63, 3.8) is 0 Å². The van der Waals surface area contributed by atoms with Crippen molar-refractivity contribution in [1.82, 2.24) is 20.5 Å². The lowest BCUT2D eigenvalue weighted by atomic mass is 10.00. The van der Waals surface area contributed by atoms with E-state index in [1.54, 1.807) is 0 Å². The fraction of sp³-hybridized carbons (Fsp3) is 0.438. The van der Waals surface area contributed by atoms with E-state index >= 15 is 0 Å². The van der Waals surface area contributed by atoms with Crippen molar-refractivity contribution in [2.24, 2.45) is 0 Å². The SMILES string of the molecule is CCCNC(Cc1ccc(Br)cn1)c1cc(C)nnc1C. The Balaban J connectivity index is 2.25. The summed E-state index contributed by atoms with van der Waals surface area (Å²) in [6.45, 7) is 7.13. The van der Waals surface area contributed by atoms with E-state index in [4.69, 9.17) is 0 Å². The Morgan fingerprint density at radius 3 is 2.71 bits per heavy atom. The van der Waals surface area contributed by atoms with Crippen molar-refractivity contribution in [3.8, 4) is 0 Å². The fourth-order valence-electron chi connectivity index (χ4n) is 2.27. The predicted molar refractivity (Wildman–Crippen MR) is 88.2 cm³/mol. The molecule has 0 saturated carbocycles. The number of aromatic nitrogens is 3. The van der Waals surface area contributed by atoms with Crippen molar-refractivity contribution in [2.75, 3.05) is 6.54 Å². The van der Waals surface area contributed by atoms with E-state index in [-0.39, 0.29) is 6.04 Å². The number of aryl methyl sites for hydroxylation is 2. The van der Waals surface area contributed by atoms with Crippen LogP contribution in [0, 0.1) is 13.8 Å². The number of nitrogens with one attached hydrogen (secondary N) is 1. The maximum Gasteiger partial charge on any atom is 0.0648 e. The molecule has 2 rings (SSSR count). The first-order chi connectivity index (χ1) is 10.1. The first kappa shape index (κ1) is 16.0. The van der Waals surface area contributed by atoms with Crippen LogP contribution in [0.25, 0.3) is 0 Å². The second kappa shape index (κ2) is 7.61. The molecule has 0 aliphatic heterocycles. The van der Waals surface area contributed by atoms with Gasteiger partial charge in [0.2, 0.25) is 0 Å². The normalized spacial score (nSPS) is 12.4. The number of nitrogens with zero attached hydrogens (tertiary/aromatic N) is 3. The summed E-state index contributed by atoms with van der Waals surface area (Å²) in [5, 5.41) is 12.0. The maximum atomic E-state index is 4.48. The molecule has 1 unspecified atom stereocenters. The standard InChI is InChI=1S/C16H21BrN4/c1-4-7-18-16(9-14-6-5-13(17)10-19-14)15-8-11(2)20-21-12(15)3/h5-6,8,10,16,18H,4,7,9H2,1-3H3. The van der Waals surface area contributed by atoms with Crippen LogP contribution in [0.2, 0.25) is 0 Å². The highest BCUT2D eigenvalue weighted by Crippen LogP contribution is 2.21. The van der Waals surface area contributed by atoms with Gasteiger partial charge in [-0.25, -0.2) is 0 Å². The molecule has 112 valence electrons. The highest BCUT2D eigenvalue weighted by molar-refractivity contribution is 9.10. The molecule has 0 fully saturated rings. The predicted octanol–water partition coefficient (Wildman–Crippen LogP) is 3.53. The average molecular weight is 349 g/mol. The van der Waals surface area contributed by atoms with E-state index in [0.717, 1.165) is 40.9 Å². The number of hydrogen-bond acceptors (Lipinski definition) is 4. The van der Waals surface area contributed by atoms with Crippen molar-refractivity contribution < 1.29 is 0 Å². The summed E-state index contributed by atoms with van der Waals surface area (Å²) in [6.07, 6.45) is 3.79. The average Bonchev–Trinajstić information content (AvgIpc) is 2.48. The lowest BCUT2D eigenvalue weighted by Gasteiger charge is -2.20. The van der Waals surface area contributed by atoms with E-state index in [2.05, 4.69) is 55.5 Å². The van der Waals surface area contributed by atoms with Gasteiger partial charge >= 0.3 is 0 Å². The molecule has 0 saturated heterocycles. The third kappa shape index (κ3) is 4.58. The molecule has 1 atom stereocenters. The lowest BCUT2D eigenvalue weighted by Crippen LogP contribution is -2.25. The van der Waals surface area contributed by atoms with Gasteiger partial charge < -0.3 is 5.32 Å². The fourth-order valence-corrected chi connectivity index (χ4v) is 2.50. The Morgan fingerprint density at radius 2 is 2.05 bits per heavy atom. The minimum Gasteiger partial charge on any atom is -0.310 e. The first-order valence-corrected chi connectivity index (χ1v) is 8.04. The van der Waals surface area contributed by atoms with Crippen molar-refractivity contribution in [1.29, 1.82) is 0 Å². The number of rotatable bonds is 6. The van der Waals surface area contributed by atoms with Gasteiger partial charge in [0.1, 0.15) is 0 Å². The zero-order chi connectivity index (χ0) is 15.2. The van der Waals surface area contributed by atoms with E-state index in [1.165, 1.54) is 5.56 Å². The monoisotopic (exact) mass is 348 g/mol. The van der Waals surface area contributed by atoms with Crippen LogP contribution in [0.3, 0.4) is 0 Å². The second-order valence-electron chi connectivity index (χ2n) is 5.21. The smallest absolute Gasteiger partial charge is 0.0648 e. The number of hydrogen-bond donors (Lipinski definition) is 1. The molecule has 2 heterocycles. The van der Waals surface area contributed by atoms with Gasteiger partial charge in [-0.1, -0.05) is 6.92 Å². The van der Waals surface area contributed by atoms with E-state index in [0.29, 0.717) is 0 Å². The van der Waals surface area contributed by atoms with Gasteiger partial charge in [-0.15, -0.1) is 0 Å². The molecule has 0 aromatic carbocycles. The summed E-state index contributed by atoms with van der Waals surface area (Å²) < 4.78 is 1.00. The molecule has 21 heavy (non-hydrogen) atoms. The number of pyridine rings is 1. The highest BCUT2D eigenvalue weighted by Gasteiger charge is 2.16. The lowest BCUT2D eigenvalue weighted by molar-refractivity contribution is 0.518. The third-order valence-corrected chi connectivity index (χ3v) is 3.83. The van der Waals surface area contributed by atoms with Gasteiger partial charge in [0.15, 0.2) is 0 Å². The minimum absolute atomic E-state index is 0.216. The topological polar surface area (TPSA) is 50.7 Å². The van der Waals surface area contributed by atoms with Crippen LogP contribution in [-0.2, 0) is 6.42 Å². The second-order valence-corrected chi connectivity index (χ2v) is 6.12. The summed E-state index contributed by atoms with van der Waals surface area (Å²) in [7, 11) is 0. The van der Waals surface area contributed by atoms with Crippen LogP contribution in [0.1, 0.15) is 42.0 Å². The van der Waals surface area contributed by atoms with Crippen molar-refractivity contribution >= 4 is 15.9 Å². The molecule has 0 amide bonds. The highest BCUT2D eigenvalue weighted by atomic mass is 79.9. The van der Waals surface area contributed by atoms with E-state index < -0.39 is 0 Å². The minimum atomic E-state index is 0.216. The Morgan fingerprint density at radius 1 is 1.24 bits per heavy atom. The van der Waals surface area contributed by atoms with Crippen LogP contribution in [0.5, 0.6) is 0 Å². The third-order valence-electron chi connectivity index (χ3n) is 3.36. The Kier molecular flexibility index (Phi) is 5.82. The summed E-state index contributed by atoms with van der Waals surface area (Å²) in [5.41, 5.74) is 4.20. The van der Waals surface area contributed by atoms with Crippen LogP contribution >= 0.6 is 15.9 Å². The number of halogens is 1. The molecule has 0 aliphatic carbocycles. The van der Waals surface area contributed by atoms with Crippen LogP contribution in [-0.4, -0.2) is 21.7 Å². The molecule has 2 aromatic rings. The summed E-state index contributed by atoms with van der Waals surface area (Å²) in [5.74, 6) is 0. The molecule has 0 bridgehead atoms. The Bertz CT molecular complexity index is 583. The largest absolute Gasteiger partial charge is 0.310 e. The molecule has 2 aromatic heterocycles. The summed E-state index contributed by atoms with van der Waals surface area (Å²) in [6, 6.07) is 6.42.